The first-order valence-corrected chi connectivity index (χ1v) is 11.3. The maximum Gasteiger partial charge on any atom is 0.247 e. The van der Waals surface area contributed by atoms with Gasteiger partial charge in [-0.3, -0.25) is 4.79 Å². The molecule has 0 radical (unpaired) electrons. The molecule has 5 rings (SSSR count). The van der Waals surface area contributed by atoms with Gasteiger partial charge in [0, 0.05) is 37.2 Å². The van der Waals surface area contributed by atoms with E-state index in [9.17, 15) is 4.79 Å². The van der Waals surface area contributed by atoms with Gasteiger partial charge in [0.15, 0.2) is 5.13 Å². The third kappa shape index (κ3) is 4.44. The average molecular weight is 434 g/mol. The summed E-state index contributed by atoms with van der Waals surface area (Å²) in [6.45, 7) is 4.18. The van der Waals surface area contributed by atoms with Gasteiger partial charge in [0.05, 0.1) is 10.2 Å². The summed E-state index contributed by atoms with van der Waals surface area (Å²) in [5.74, 6) is 0.845. The van der Waals surface area contributed by atoms with Crippen molar-refractivity contribution in [1.29, 1.82) is 0 Å². The molecule has 1 amide bonds. The van der Waals surface area contributed by atoms with Crippen molar-refractivity contribution in [3.63, 3.8) is 0 Å². The lowest BCUT2D eigenvalue weighted by atomic mass is 10.1. The Morgan fingerprint density at radius 3 is 2.74 bits per heavy atom. The number of nitrogens with zero attached hydrogens (tertiary/aromatic N) is 4. The summed E-state index contributed by atoms with van der Waals surface area (Å²) in [6, 6.07) is 13.8. The van der Waals surface area contributed by atoms with Gasteiger partial charge in [-0.2, -0.15) is 0 Å². The number of amides is 1. The maximum absolute atomic E-state index is 12.4. The van der Waals surface area contributed by atoms with Gasteiger partial charge >= 0.3 is 0 Å². The SMILES string of the molecule is Cc1ccc(-c2nnc(CCC(=O)Nc3ccc4nc(N5CCCC5)sc4c3)o2)cc1. The molecule has 1 saturated heterocycles. The Bertz CT molecular complexity index is 1210. The van der Waals surface area contributed by atoms with E-state index in [0.717, 1.165) is 39.7 Å². The Morgan fingerprint density at radius 1 is 1.13 bits per heavy atom. The third-order valence-corrected chi connectivity index (χ3v) is 6.45. The molecular formula is C23H23N5O2S. The second-order valence-corrected chi connectivity index (χ2v) is 8.80. The van der Waals surface area contributed by atoms with E-state index in [1.807, 2.05) is 49.4 Å². The average Bonchev–Trinajstić information content (AvgIpc) is 3.52. The van der Waals surface area contributed by atoms with Crippen molar-refractivity contribution in [2.24, 2.45) is 0 Å². The van der Waals surface area contributed by atoms with Crippen LogP contribution in [0.2, 0.25) is 0 Å². The molecule has 0 saturated carbocycles. The molecule has 7 nitrogen and oxygen atoms in total. The van der Waals surface area contributed by atoms with E-state index in [2.05, 4.69) is 20.4 Å². The molecule has 31 heavy (non-hydrogen) atoms. The van der Waals surface area contributed by atoms with Gasteiger partial charge in [0.2, 0.25) is 17.7 Å². The fraction of sp³-hybridized carbons (Fsp3) is 0.304. The third-order valence-electron chi connectivity index (χ3n) is 5.37. The molecule has 1 aliphatic heterocycles. The Kier molecular flexibility index (Phi) is 5.38. The first-order valence-electron chi connectivity index (χ1n) is 10.5. The Labute approximate surface area is 184 Å². The van der Waals surface area contributed by atoms with Crippen LogP contribution in [0.4, 0.5) is 10.8 Å². The van der Waals surface area contributed by atoms with Crippen LogP contribution in [-0.2, 0) is 11.2 Å². The lowest BCUT2D eigenvalue weighted by molar-refractivity contribution is -0.116. The van der Waals surface area contributed by atoms with Crippen LogP contribution >= 0.6 is 11.3 Å². The van der Waals surface area contributed by atoms with Gasteiger partial charge in [-0.05, 0) is 50.1 Å². The molecule has 0 bridgehead atoms. The topological polar surface area (TPSA) is 84.2 Å². The molecule has 3 heterocycles. The minimum atomic E-state index is -0.0845. The van der Waals surface area contributed by atoms with E-state index in [4.69, 9.17) is 9.40 Å². The second-order valence-electron chi connectivity index (χ2n) is 7.79. The van der Waals surface area contributed by atoms with Gasteiger partial charge in [-0.1, -0.05) is 29.0 Å². The molecule has 2 aromatic heterocycles. The number of carbonyl (C=O) groups excluding carboxylic acids is 1. The molecule has 1 N–H and O–H groups in total. The van der Waals surface area contributed by atoms with E-state index in [-0.39, 0.29) is 12.3 Å². The Morgan fingerprint density at radius 2 is 1.94 bits per heavy atom. The van der Waals surface area contributed by atoms with Crippen LogP contribution in [0.25, 0.3) is 21.7 Å². The standard InChI is InChI=1S/C23H23N5O2S/c1-15-4-6-16(7-5-15)22-27-26-21(30-22)11-10-20(29)24-17-8-9-18-19(14-17)31-23(25-18)28-12-2-3-13-28/h4-9,14H,2-3,10-13H2,1H3,(H,24,29). The molecule has 0 spiro atoms. The number of aryl methyl sites for hydroxylation is 2. The summed E-state index contributed by atoms with van der Waals surface area (Å²) in [5.41, 5.74) is 3.79. The maximum atomic E-state index is 12.4. The van der Waals surface area contributed by atoms with Crippen LogP contribution in [0.1, 0.15) is 30.7 Å². The van der Waals surface area contributed by atoms with Gasteiger partial charge in [0.1, 0.15) is 0 Å². The van der Waals surface area contributed by atoms with Crippen LogP contribution in [0.3, 0.4) is 0 Å². The van der Waals surface area contributed by atoms with E-state index in [1.54, 1.807) is 11.3 Å². The van der Waals surface area contributed by atoms with Crippen molar-refractivity contribution in [2.75, 3.05) is 23.3 Å². The number of thiazole rings is 1. The van der Waals surface area contributed by atoms with Crippen LogP contribution in [-0.4, -0.2) is 34.2 Å². The van der Waals surface area contributed by atoms with E-state index in [0.29, 0.717) is 18.2 Å². The predicted molar refractivity (Wildman–Crippen MR) is 122 cm³/mol. The number of hydrogen-bond acceptors (Lipinski definition) is 7. The highest BCUT2D eigenvalue weighted by molar-refractivity contribution is 7.22. The minimum Gasteiger partial charge on any atom is -0.421 e. The highest BCUT2D eigenvalue weighted by Crippen LogP contribution is 2.32. The summed E-state index contributed by atoms with van der Waals surface area (Å²) in [5, 5.41) is 12.2. The van der Waals surface area contributed by atoms with Crippen LogP contribution in [0, 0.1) is 6.92 Å². The van der Waals surface area contributed by atoms with Crippen LogP contribution < -0.4 is 10.2 Å². The predicted octanol–water partition coefficient (Wildman–Crippen LogP) is 4.83. The van der Waals surface area contributed by atoms with Crippen molar-refractivity contribution in [3.05, 3.63) is 53.9 Å². The zero-order valence-electron chi connectivity index (χ0n) is 17.3. The van der Waals surface area contributed by atoms with Gasteiger partial charge in [-0.25, -0.2) is 4.98 Å². The van der Waals surface area contributed by atoms with Crippen molar-refractivity contribution < 1.29 is 9.21 Å². The molecule has 2 aromatic carbocycles. The molecule has 0 atom stereocenters. The largest absolute Gasteiger partial charge is 0.421 e. The number of nitrogens with one attached hydrogen (secondary N) is 1. The van der Waals surface area contributed by atoms with Crippen molar-refractivity contribution >= 4 is 38.3 Å². The molecule has 1 fully saturated rings. The fourth-order valence-corrected chi connectivity index (χ4v) is 4.70. The summed E-state index contributed by atoms with van der Waals surface area (Å²) in [4.78, 5) is 19.5. The zero-order chi connectivity index (χ0) is 21.2. The monoisotopic (exact) mass is 433 g/mol. The highest BCUT2D eigenvalue weighted by Gasteiger charge is 2.17. The summed E-state index contributed by atoms with van der Waals surface area (Å²) >= 11 is 1.68. The number of fused-ring (bicyclic) bond motifs is 1. The lowest BCUT2D eigenvalue weighted by Gasteiger charge is -2.11. The first-order chi connectivity index (χ1) is 15.1. The zero-order valence-corrected chi connectivity index (χ0v) is 18.1. The molecule has 0 aliphatic carbocycles. The first kappa shape index (κ1) is 19.7. The molecule has 8 heteroatoms. The van der Waals surface area contributed by atoms with Crippen LogP contribution in [0.5, 0.6) is 0 Å². The van der Waals surface area contributed by atoms with E-state index >= 15 is 0 Å². The van der Waals surface area contributed by atoms with Gasteiger partial charge in [0.25, 0.3) is 0 Å². The van der Waals surface area contributed by atoms with Gasteiger partial charge in [-0.15, -0.1) is 10.2 Å². The number of rotatable bonds is 6. The number of hydrogen-bond donors (Lipinski definition) is 1. The number of anilines is 2. The molecule has 158 valence electrons. The minimum absolute atomic E-state index is 0.0845. The van der Waals surface area contributed by atoms with Crippen molar-refractivity contribution in [2.45, 2.75) is 32.6 Å². The summed E-state index contributed by atoms with van der Waals surface area (Å²) in [7, 11) is 0. The Hall–Kier alpha value is -3.26. The second kappa shape index (κ2) is 8.47. The molecule has 1 aliphatic rings. The van der Waals surface area contributed by atoms with E-state index < -0.39 is 0 Å². The molecule has 4 aromatic rings. The number of aromatic nitrogens is 3. The van der Waals surface area contributed by atoms with Gasteiger partial charge < -0.3 is 14.6 Å². The van der Waals surface area contributed by atoms with Crippen LogP contribution in [0.15, 0.2) is 46.9 Å². The van der Waals surface area contributed by atoms with Crippen molar-refractivity contribution in [1.82, 2.24) is 15.2 Å². The summed E-state index contributed by atoms with van der Waals surface area (Å²) < 4.78 is 6.79. The molecule has 0 unspecified atom stereocenters. The summed E-state index contributed by atoms with van der Waals surface area (Å²) in [6.07, 6.45) is 3.12. The van der Waals surface area contributed by atoms with Crippen molar-refractivity contribution in [3.8, 4) is 11.5 Å². The Balaban J connectivity index is 1.19. The number of carbonyl (C=O) groups is 1. The highest BCUT2D eigenvalue weighted by atomic mass is 32.1. The lowest BCUT2D eigenvalue weighted by Crippen LogP contribution is -2.16. The normalized spacial score (nSPS) is 13.8. The number of benzene rings is 2. The molecular weight excluding hydrogens is 410 g/mol. The quantitative estimate of drug-likeness (QED) is 0.469. The smallest absolute Gasteiger partial charge is 0.247 e. The fourth-order valence-electron chi connectivity index (χ4n) is 3.65. The van der Waals surface area contributed by atoms with E-state index in [1.165, 1.54) is 18.4 Å².